The fourth-order valence-corrected chi connectivity index (χ4v) is 4.17. The number of carbonyl (C=O) groups is 1. The molecule has 1 N–H and O–H groups in total. The third kappa shape index (κ3) is 3.42. The zero-order valence-corrected chi connectivity index (χ0v) is 15.2. The first-order valence-corrected chi connectivity index (χ1v) is 9.72. The highest BCUT2D eigenvalue weighted by molar-refractivity contribution is 5.80. The zero-order valence-electron chi connectivity index (χ0n) is 15.2. The number of carbonyl (C=O) groups excluding carboxylic acids is 1. The summed E-state index contributed by atoms with van der Waals surface area (Å²) in [5, 5.41) is 11.1. The van der Waals surface area contributed by atoms with Crippen LogP contribution >= 0.6 is 0 Å². The van der Waals surface area contributed by atoms with Gasteiger partial charge < -0.3 is 14.6 Å². The van der Waals surface area contributed by atoms with E-state index < -0.39 is 0 Å². The molecule has 6 nitrogen and oxygen atoms in total. The number of halogens is 1. The van der Waals surface area contributed by atoms with E-state index >= 15 is 0 Å². The Kier molecular flexibility index (Phi) is 3.91. The standard InChI is InChI=1S/C20H23FN4O2/c21-14-3-1-13(2-4-14)15-11-16(15)18-23-24-19(27-18)22-12-17(26)25-9-7-20(5-6-20)8-10-25/h1-4,15-16H,5-12H2,(H,22,24)/t15-,16+/m1/s1. The number of benzene rings is 1. The Labute approximate surface area is 157 Å². The minimum absolute atomic E-state index is 0.0841. The van der Waals surface area contributed by atoms with Crippen LogP contribution in [0.25, 0.3) is 0 Å². The summed E-state index contributed by atoms with van der Waals surface area (Å²) in [6, 6.07) is 6.85. The fraction of sp³-hybridized carbons (Fsp3) is 0.550. The highest BCUT2D eigenvalue weighted by Gasteiger charge is 2.45. The molecule has 0 bridgehead atoms. The van der Waals surface area contributed by atoms with E-state index in [9.17, 15) is 9.18 Å². The van der Waals surface area contributed by atoms with Crippen molar-refractivity contribution >= 4 is 11.9 Å². The van der Waals surface area contributed by atoms with Gasteiger partial charge in [0.05, 0.1) is 6.54 Å². The lowest BCUT2D eigenvalue weighted by atomic mass is 9.94. The lowest BCUT2D eigenvalue weighted by Gasteiger charge is -2.32. The summed E-state index contributed by atoms with van der Waals surface area (Å²) in [4.78, 5) is 14.3. The SMILES string of the molecule is O=C(CNc1nnc([C@H]2C[C@@H]2c2ccc(F)cc2)o1)N1CCC2(CC1)CC2. The van der Waals surface area contributed by atoms with E-state index in [1.54, 1.807) is 12.1 Å². The molecule has 3 aliphatic rings. The number of piperidine rings is 1. The summed E-state index contributed by atoms with van der Waals surface area (Å²) < 4.78 is 18.7. The quantitative estimate of drug-likeness (QED) is 0.874. The predicted molar refractivity (Wildman–Crippen MR) is 96.8 cm³/mol. The van der Waals surface area contributed by atoms with Gasteiger partial charge in [0.2, 0.25) is 11.8 Å². The van der Waals surface area contributed by atoms with Crippen LogP contribution in [0.2, 0.25) is 0 Å². The van der Waals surface area contributed by atoms with Crippen molar-refractivity contribution in [2.24, 2.45) is 5.41 Å². The molecule has 0 radical (unpaired) electrons. The van der Waals surface area contributed by atoms with Crippen LogP contribution < -0.4 is 5.32 Å². The summed E-state index contributed by atoms with van der Waals surface area (Å²) in [6.45, 7) is 1.90. The highest BCUT2D eigenvalue weighted by Crippen LogP contribution is 2.54. The number of nitrogens with zero attached hydrogens (tertiary/aromatic N) is 3. The third-order valence-corrected chi connectivity index (χ3v) is 6.37. The molecule has 1 aromatic carbocycles. The second-order valence-electron chi connectivity index (χ2n) is 8.18. The van der Waals surface area contributed by atoms with E-state index in [-0.39, 0.29) is 24.2 Å². The Balaban J connectivity index is 1.12. The van der Waals surface area contributed by atoms with Crippen LogP contribution in [0, 0.1) is 11.2 Å². The van der Waals surface area contributed by atoms with Crippen molar-refractivity contribution in [2.75, 3.05) is 25.0 Å². The van der Waals surface area contributed by atoms with Gasteiger partial charge in [0.25, 0.3) is 0 Å². The molecule has 1 spiro atoms. The van der Waals surface area contributed by atoms with E-state index in [1.807, 2.05) is 4.90 Å². The Morgan fingerprint density at radius 2 is 1.89 bits per heavy atom. The molecular weight excluding hydrogens is 347 g/mol. The van der Waals surface area contributed by atoms with Crippen LogP contribution in [0.4, 0.5) is 10.4 Å². The van der Waals surface area contributed by atoms with Crippen LogP contribution in [-0.2, 0) is 4.79 Å². The van der Waals surface area contributed by atoms with E-state index in [0.29, 0.717) is 23.2 Å². The van der Waals surface area contributed by atoms with Crippen LogP contribution in [0.15, 0.2) is 28.7 Å². The summed E-state index contributed by atoms with van der Waals surface area (Å²) in [6.07, 6.45) is 5.85. The number of rotatable bonds is 5. The second-order valence-corrected chi connectivity index (χ2v) is 8.18. The maximum absolute atomic E-state index is 13.0. The molecule has 7 heteroatoms. The van der Waals surface area contributed by atoms with E-state index in [0.717, 1.165) is 37.9 Å². The van der Waals surface area contributed by atoms with Gasteiger partial charge in [-0.3, -0.25) is 4.79 Å². The molecule has 2 heterocycles. The van der Waals surface area contributed by atoms with Gasteiger partial charge in [-0.05, 0) is 61.1 Å². The number of amides is 1. The first-order valence-electron chi connectivity index (χ1n) is 9.72. The molecule has 2 aromatic rings. The molecule has 2 aliphatic carbocycles. The van der Waals surface area contributed by atoms with E-state index in [4.69, 9.17) is 4.42 Å². The Bertz CT molecular complexity index is 836. The molecule has 2 saturated carbocycles. The second kappa shape index (κ2) is 6.32. The zero-order chi connectivity index (χ0) is 18.4. The highest BCUT2D eigenvalue weighted by atomic mass is 19.1. The number of aromatic nitrogens is 2. The van der Waals surface area contributed by atoms with Gasteiger partial charge in [-0.2, -0.15) is 0 Å². The van der Waals surface area contributed by atoms with Gasteiger partial charge in [-0.25, -0.2) is 4.39 Å². The average Bonchev–Trinajstić information content (AvgIpc) is 3.59. The van der Waals surface area contributed by atoms with Crippen molar-refractivity contribution in [2.45, 2.75) is 43.9 Å². The molecule has 1 amide bonds. The first kappa shape index (κ1) is 16.7. The van der Waals surface area contributed by atoms with Crippen molar-refractivity contribution in [3.63, 3.8) is 0 Å². The average molecular weight is 370 g/mol. The normalized spacial score (nSPS) is 25.4. The van der Waals surface area contributed by atoms with Crippen LogP contribution in [0.1, 0.15) is 55.4 Å². The molecule has 1 aromatic heterocycles. The molecule has 2 atom stereocenters. The van der Waals surface area contributed by atoms with Gasteiger partial charge in [-0.15, -0.1) is 5.10 Å². The number of hydrogen-bond acceptors (Lipinski definition) is 5. The van der Waals surface area contributed by atoms with Crippen LogP contribution in [-0.4, -0.2) is 40.6 Å². The van der Waals surface area contributed by atoms with E-state index in [1.165, 1.54) is 25.0 Å². The molecule has 1 aliphatic heterocycles. The molecule has 27 heavy (non-hydrogen) atoms. The molecule has 142 valence electrons. The van der Waals surface area contributed by atoms with Crippen molar-refractivity contribution in [3.8, 4) is 0 Å². The number of hydrogen-bond donors (Lipinski definition) is 1. The molecule has 3 fully saturated rings. The maximum Gasteiger partial charge on any atom is 0.315 e. The van der Waals surface area contributed by atoms with Crippen LogP contribution in [0.3, 0.4) is 0 Å². The topological polar surface area (TPSA) is 71.3 Å². The summed E-state index contributed by atoms with van der Waals surface area (Å²) in [5.74, 6) is 0.898. The van der Waals surface area contributed by atoms with Crippen molar-refractivity contribution in [1.82, 2.24) is 15.1 Å². The van der Waals surface area contributed by atoms with Gasteiger partial charge in [0.1, 0.15) is 5.82 Å². The van der Waals surface area contributed by atoms with Crippen molar-refractivity contribution < 1.29 is 13.6 Å². The largest absolute Gasteiger partial charge is 0.408 e. The van der Waals surface area contributed by atoms with Gasteiger partial charge >= 0.3 is 6.01 Å². The summed E-state index contributed by atoms with van der Waals surface area (Å²) >= 11 is 0. The first-order chi connectivity index (χ1) is 13.1. The molecule has 0 unspecified atom stereocenters. The van der Waals surface area contributed by atoms with E-state index in [2.05, 4.69) is 15.5 Å². The number of anilines is 1. The number of nitrogens with one attached hydrogen (secondary N) is 1. The lowest BCUT2D eigenvalue weighted by Crippen LogP contribution is -2.41. The minimum atomic E-state index is -0.231. The summed E-state index contributed by atoms with van der Waals surface area (Å²) in [5.41, 5.74) is 1.65. The van der Waals surface area contributed by atoms with Crippen molar-refractivity contribution in [3.05, 3.63) is 41.5 Å². The van der Waals surface area contributed by atoms with Gasteiger partial charge in [0.15, 0.2) is 0 Å². The van der Waals surface area contributed by atoms with Crippen molar-refractivity contribution in [1.29, 1.82) is 0 Å². The molecule has 5 rings (SSSR count). The minimum Gasteiger partial charge on any atom is -0.408 e. The van der Waals surface area contributed by atoms with Gasteiger partial charge in [-0.1, -0.05) is 17.2 Å². The molecule has 1 saturated heterocycles. The van der Waals surface area contributed by atoms with Gasteiger partial charge in [0, 0.05) is 19.0 Å². The Hall–Kier alpha value is -2.44. The Morgan fingerprint density at radius 1 is 1.15 bits per heavy atom. The smallest absolute Gasteiger partial charge is 0.315 e. The monoisotopic (exact) mass is 370 g/mol. The lowest BCUT2D eigenvalue weighted by molar-refractivity contribution is -0.130. The predicted octanol–water partition coefficient (Wildman–Crippen LogP) is 3.29. The molecular formula is C20H23FN4O2. The number of likely N-dealkylation sites (tertiary alicyclic amines) is 1. The van der Waals surface area contributed by atoms with Crippen LogP contribution in [0.5, 0.6) is 0 Å². The summed E-state index contributed by atoms with van der Waals surface area (Å²) in [7, 11) is 0. The fourth-order valence-electron chi connectivity index (χ4n) is 4.17. The Morgan fingerprint density at radius 3 is 2.59 bits per heavy atom. The third-order valence-electron chi connectivity index (χ3n) is 6.37. The maximum atomic E-state index is 13.0.